The van der Waals surface area contributed by atoms with E-state index < -0.39 is 18.0 Å². The number of urea groups is 1. The molecule has 29 heavy (non-hydrogen) atoms. The Hall–Kier alpha value is -3.49. The molecule has 1 aliphatic heterocycles. The highest BCUT2D eigenvalue weighted by molar-refractivity contribution is 6.05. The Morgan fingerprint density at radius 2 is 1.93 bits per heavy atom. The largest absolute Gasteiger partial charge is 0.493 e. The predicted octanol–water partition coefficient (Wildman–Crippen LogP) is 1.17. The smallest absolute Gasteiger partial charge is 0.325 e. The Kier molecular flexibility index (Phi) is 6.06. The first-order valence-corrected chi connectivity index (χ1v) is 9.12. The standard InChI is InChI=1S/C20H24N4O5/c1-23-8-4-5-14(23)11-21-18(25)10-15-19(26)24(20(27)22-15)12-13-6-7-16(28-2)17(9-13)29-3/h4-9,15H,10-12H2,1-3H3,(H,21,25)(H,22,27)/t15-/m0/s1. The van der Waals surface area contributed by atoms with E-state index in [1.165, 1.54) is 14.2 Å². The third-order valence-corrected chi connectivity index (χ3v) is 4.80. The van der Waals surface area contributed by atoms with Crippen LogP contribution in [0.1, 0.15) is 17.7 Å². The van der Waals surface area contributed by atoms with Crippen LogP contribution in [-0.4, -0.2) is 47.6 Å². The van der Waals surface area contributed by atoms with Crippen molar-refractivity contribution in [2.75, 3.05) is 14.2 Å². The van der Waals surface area contributed by atoms with Crippen molar-refractivity contribution in [3.8, 4) is 11.5 Å². The van der Waals surface area contributed by atoms with E-state index in [1.807, 2.05) is 29.9 Å². The summed E-state index contributed by atoms with van der Waals surface area (Å²) in [6.45, 7) is 0.430. The molecule has 0 saturated carbocycles. The summed E-state index contributed by atoms with van der Waals surface area (Å²) in [4.78, 5) is 38.2. The average molecular weight is 400 g/mol. The molecule has 0 unspecified atom stereocenters. The lowest BCUT2D eigenvalue weighted by Crippen LogP contribution is -2.36. The number of hydrogen-bond donors (Lipinski definition) is 2. The number of carbonyl (C=O) groups is 3. The molecule has 1 aromatic heterocycles. The Morgan fingerprint density at radius 3 is 2.59 bits per heavy atom. The van der Waals surface area contributed by atoms with Gasteiger partial charge in [-0.15, -0.1) is 0 Å². The zero-order chi connectivity index (χ0) is 21.0. The summed E-state index contributed by atoms with van der Waals surface area (Å²) in [6.07, 6.45) is 1.77. The highest BCUT2D eigenvalue weighted by atomic mass is 16.5. The summed E-state index contributed by atoms with van der Waals surface area (Å²) in [5, 5.41) is 5.34. The van der Waals surface area contributed by atoms with Crippen molar-refractivity contribution in [1.29, 1.82) is 0 Å². The van der Waals surface area contributed by atoms with Crippen LogP contribution in [0.4, 0.5) is 4.79 Å². The maximum atomic E-state index is 12.6. The fourth-order valence-electron chi connectivity index (χ4n) is 3.15. The molecule has 1 atom stereocenters. The van der Waals surface area contributed by atoms with E-state index in [1.54, 1.807) is 18.2 Å². The molecule has 1 aliphatic rings. The number of aromatic nitrogens is 1. The lowest BCUT2D eigenvalue weighted by Gasteiger charge is -2.15. The number of rotatable bonds is 8. The number of ether oxygens (including phenoxy) is 2. The van der Waals surface area contributed by atoms with Crippen LogP contribution < -0.4 is 20.1 Å². The number of nitrogens with zero attached hydrogens (tertiary/aromatic N) is 2. The third kappa shape index (κ3) is 4.50. The van der Waals surface area contributed by atoms with Gasteiger partial charge in [0.1, 0.15) is 6.04 Å². The number of aryl methyl sites for hydroxylation is 1. The summed E-state index contributed by atoms with van der Waals surface area (Å²) in [7, 11) is 4.93. The van der Waals surface area contributed by atoms with Crippen LogP contribution in [0.5, 0.6) is 11.5 Å². The maximum Gasteiger partial charge on any atom is 0.325 e. The maximum absolute atomic E-state index is 12.6. The highest BCUT2D eigenvalue weighted by Gasteiger charge is 2.39. The van der Waals surface area contributed by atoms with Crippen LogP contribution in [0, 0.1) is 0 Å². The van der Waals surface area contributed by atoms with E-state index in [0.717, 1.165) is 10.6 Å². The van der Waals surface area contributed by atoms with Crippen molar-refractivity contribution < 1.29 is 23.9 Å². The third-order valence-electron chi connectivity index (χ3n) is 4.80. The number of nitrogens with one attached hydrogen (secondary N) is 2. The Balaban J connectivity index is 1.59. The normalized spacial score (nSPS) is 16.0. The molecule has 154 valence electrons. The highest BCUT2D eigenvalue weighted by Crippen LogP contribution is 2.28. The Bertz CT molecular complexity index is 923. The van der Waals surface area contributed by atoms with E-state index in [-0.39, 0.29) is 18.9 Å². The van der Waals surface area contributed by atoms with Gasteiger partial charge in [-0.2, -0.15) is 0 Å². The molecule has 3 rings (SSSR count). The molecule has 0 radical (unpaired) electrons. The summed E-state index contributed by atoms with van der Waals surface area (Å²) < 4.78 is 12.3. The van der Waals surface area contributed by atoms with Crippen molar-refractivity contribution in [3.05, 3.63) is 47.8 Å². The van der Waals surface area contributed by atoms with E-state index >= 15 is 0 Å². The van der Waals surface area contributed by atoms with Gasteiger partial charge in [0.25, 0.3) is 5.91 Å². The summed E-state index contributed by atoms with van der Waals surface area (Å²) >= 11 is 0. The quantitative estimate of drug-likeness (QED) is 0.648. The zero-order valence-electron chi connectivity index (χ0n) is 16.6. The first-order chi connectivity index (χ1) is 13.9. The van der Waals surface area contributed by atoms with Crippen LogP contribution in [0.3, 0.4) is 0 Å². The SMILES string of the molecule is COc1ccc(CN2C(=O)N[C@@H](CC(=O)NCc3cccn3C)C2=O)cc1OC. The summed E-state index contributed by atoms with van der Waals surface area (Å²) in [5.41, 5.74) is 1.65. The molecule has 0 aliphatic carbocycles. The Labute approximate surface area is 168 Å². The van der Waals surface area contributed by atoms with Crippen molar-refractivity contribution in [3.63, 3.8) is 0 Å². The van der Waals surface area contributed by atoms with E-state index in [2.05, 4.69) is 10.6 Å². The number of hydrogen-bond acceptors (Lipinski definition) is 5. The number of imide groups is 1. The van der Waals surface area contributed by atoms with Gasteiger partial charge in [0, 0.05) is 18.9 Å². The van der Waals surface area contributed by atoms with Crippen LogP contribution in [0.25, 0.3) is 0 Å². The minimum atomic E-state index is -0.879. The monoisotopic (exact) mass is 400 g/mol. The van der Waals surface area contributed by atoms with Gasteiger partial charge in [-0.05, 0) is 29.8 Å². The second-order valence-electron chi connectivity index (χ2n) is 6.71. The van der Waals surface area contributed by atoms with Gasteiger partial charge in [0.15, 0.2) is 11.5 Å². The number of benzene rings is 1. The van der Waals surface area contributed by atoms with Crippen molar-refractivity contribution >= 4 is 17.8 Å². The number of methoxy groups -OCH3 is 2. The minimum absolute atomic E-state index is 0.0759. The van der Waals surface area contributed by atoms with Gasteiger partial charge in [0.05, 0.1) is 33.7 Å². The molecule has 1 fully saturated rings. The summed E-state index contributed by atoms with van der Waals surface area (Å²) in [5.74, 6) is 0.325. The van der Waals surface area contributed by atoms with Gasteiger partial charge in [-0.25, -0.2) is 4.79 Å². The fourth-order valence-corrected chi connectivity index (χ4v) is 3.15. The van der Waals surface area contributed by atoms with Crippen LogP contribution in [0.15, 0.2) is 36.5 Å². The number of amides is 4. The van der Waals surface area contributed by atoms with Gasteiger partial charge in [-0.1, -0.05) is 6.07 Å². The lowest BCUT2D eigenvalue weighted by atomic mass is 10.1. The van der Waals surface area contributed by atoms with Gasteiger partial charge >= 0.3 is 6.03 Å². The molecule has 9 heteroatoms. The molecule has 0 spiro atoms. The molecule has 2 aromatic rings. The minimum Gasteiger partial charge on any atom is -0.493 e. The van der Waals surface area contributed by atoms with Gasteiger partial charge < -0.3 is 24.7 Å². The molecule has 4 amide bonds. The number of carbonyl (C=O) groups excluding carboxylic acids is 3. The van der Waals surface area contributed by atoms with Crippen LogP contribution >= 0.6 is 0 Å². The molecule has 1 aromatic carbocycles. The molecule has 9 nitrogen and oxygen atoms in total. The van der Waals surface area contributed by atoms with Crippen LogP contribution in [-0.2, 0) is 29.7 Å². The second kappa shape index (κ2) is 8.68. The average Bonchev–Trinajstić information content (AvgIpc) is 3.24. The van der Waals surface area contributed by atoms with Crippen molar-refractivity contribution in [2.24, 2.45) is 7.05 Å². The van der Waals surface area contributed by atoms with E-state index in [0.29, 0.717) is 23.6 Å². The molecular weight excluding hydrogens is 376 g/mol. The fraction of sp³-hybridized carbons (Fsp3) is 0.350. The molecule has 2 N–H and O–H groups in total. The van der Waals surface area contributed by atoms with E-state index in [4.69, 9.17) is 9.47 Å². The van der Waals surface area contributed by atoms with Gasteiger partial charge in [0.2, 0.25) is 5.91 Å². The predicted molar refractivity (Wildman–Crippen MR) is 104 cm³/mol. The Morgan fingerprint density at radius 1 is 1.17 bits per heavy atom. The van der Waals surface area contributed by atoms with Crippen molar-refractivity contribution in [1.82, 2.24) is 20.1 Å². The molecule has 2 heterocycles. The topological polar surface area (TPSA) is 102 Å². The van der Waals surface area contributed by atoms with Crippen molar-refractivity contribution in [2.45, 2.75) is 25.6 Å². The van der Waals surface area contributed by atoms with Gasteiger partial charge in [-0.3, -0.25) is 14.5 Å². The first-order valence-electron chi connectivity index (χ1n) is 9.12. The van der Waals surface area contributed by atoms with Crippen LogP contribution in [0.2, 0.25) is 0 Å². The van der Waals surface area contributed by atoms with E-state index in [9.17, 15) is 14.4 Å². The zero-order valence-corrected chi connectivity index (χ0v) is 16.6. The second-order valence-corrected chi connectivity index (χ2v) is 6.71. The molecule has 1 saturated heterocycles. The molecular formula is C20H24N4O5. The lowest BCUT2D eigenvalue weighted by molar-refractivity contribution is -0.131. The first kappa shape index (κ1) is 20.2. The molecule has 0 bridgehead atoms. The summed E-state index contributed by atoms with van der Waals surface area (Å²) in [6, 6.07) is 7.55.